The number of amides is 1. The van der Waals surface area contributed by atoms with E-state index in [0.717, 1.165) is 21.2 Å². The minimum atomic E-state index is -0.353. The number of carbonyl (C=O) groups excluding carboxylic acids is 1. The molecule has 6 heteroatoms. The van der Waals surface area contributed by atoms with Crippen LogP contribution in [0.4, 0.5) is 0 Å². The van der Waals surface area contributed by atoms with E-state index in [1.54, 1.807) is 24.3 Å². The van der Waals surface area contributed by atoms with Gasteiger partial charge in [0.25, 0.3) is 5.91 Å². The Labute approximate surface area is 143 Å². The van der Waals surface area contributed by atoms with Crippen molar-refractivity contribution in [2.24, 2.45) is 5.10 Å². The first-order chi connectivity index (χ1) is 11.0. The second-order valence-corrected chi connectivity index (χ2v) is 5.96. The summed E-state index contributed by atoms with van der Waals surface area (Å²) < 4.78 is 6.24. The average Bonchev–Trinajstić information content (AvgIpc) is 2.50. The zero-order valence-corrected chi connectivity index (χ0v) is 14.4. The van der Waals surface area contributed by atoms with Gasteiger partial charge in [0, 0.05) is 4.47 Å². The van der Waals surface area contributed by atoms with Crippen molar-refractivity contribution >= 4 is 28.1 Å². The molecule has 2 rings (SSSR count). The Kier molecular flexibility index (Phi) is 5.76. The van der Waals surface area contributed by atoms with E-state index in [-0.39, 0.29) is 18.3 Å². The van der Waals surface area contributed by atoms with E-state index in [9.17, 15) is 9.90 Å². The first-order valence-electron chi connectivity index (χ1n) is 6.96. The highest BCUT2D eigenvalue weighted by atomic mass is 79.9. The SMILES string of the molecule is Cc1cc(/C=N/NC(=O)COc2cccc(Br)c2)cc(C)c1O. The third-order valence-corrected chi connectivity index (χ3v) is 3.58. The van der Waals surface area contributed by atoms with Gasteiger partial charge in [-0.3, -0.25) is 4.79 Å². The maximum Gasteiger partial charge on any atom is 0.277 e. The summed E-state index contributed by atoms with van der Waals surface area (Å²) >= 11 is 3.33. The molecule has 0 heterocycles. The Morgan fingerprint density at radius 3 is 2.65 bits per heavy atom. The fourth-order valence-corrected chi connectivity index (χ4v) is 2.36. The van der Waals surface area contributed by atoms with Gasteiger partial charge >= 0.3 is 0 Å². The molecule has 0 aromatic heterocycles. The second-order valence-electron chi connectivity index (χ2n) is 5.04. The molecule has 5 nitrogen and oxygen atoms in total. The molecule has 0 aliphatic heterocycles. The first-order valence-corrected chi connectivity index (χ1v) is 7.75. The van der Waals surface area contributed by atoms with Crippen LogP contribution in [0.3, 0.4) is 0 Å². The third kappa shape index (κ3) is 5.10. The number of ether oxygens (including phenoxy) is 1. The number of phenols is 1. The summed E-state index contributed by atoms with van der Waals surface area (Å²) in [6.07, 6.45) is 1.52. The van der Waals surface area contributed by atoms with E-state index < -0.39 is 0 Å². The molecule has 2 aromatic carbocycles. The number of hydrazone groups is 1. The van der Waals surface area contributed by atoms with Crippen LogP contribution in [-0.2, 0) is 4.79 Å². The lowest BCUT2D eigenvalue weighted by Crippen LogP contribution is -2.24. The Hall–Kier alpha value is -2.34. The number of aromatic hydroxyl groups is 1. The molecule has 1 amide bonds. The van der Waals surface area contributed by atoms with Crippen LogP contribution in [0.1, 0.15) is 16.7 Å². The van der Waals surface area contributed by atoms with E-state index in [4.69, 9.17) is 4.74 Å². The normalized spacial score (nSPS) is 10.7. The fraction of sp³-hybridized carbons (Fsp3) is 0.176. The lowest BCUT2D eigenvalue weighted by atomic mass is 10.1. The molecule has 0 saturated heterocycles. The molecular weight excluding hydrogens is 360 g/mol. The molecule has 120 valence electrons. The van der Waals surface area contributed by atoms with E-state index >= 15 is 0 Å². The van der Waals surface area contributed by atoms with Crippen molar-refractivity contribution in [3.63, 3.8) is 0 Å². The zero-order valence-electron chi connectivity index (χ0n) is 12.8. The van der Waals surface area contributed by atoms with E-state index in [2.05, 4.69) is 26.5 Å². The van der Waals surface area contributed by atoms with Crippen molar-refractivity contribution in [2.75, 3.05) is 6.61 Å². The van der Waals surface area contributed by atoms with Gasteiger partial charge < -0.3 is 9.84 Å². The van der Waals surface area contributed by atoms with Crippen LogP contribution in [0.5, 0.6) is 11.5 Å². The molecule has 0 bridgehead atoms. The minimum Gasteiger partial charge on any atom is -0.507 e. The molecule has 0 saturated carbocycles. The monoisotopic (exact) mass is 376 g/mol. The fourth-order valence-electron chi connectivity index (χ4n) is 1.98. The second kappa shape index (κ2) is 7.78. The molecule has 0 unspecified atom stereocenters. The zero-order chi connectivity index (χ0) is 16.8. The third-order valence-electron chi connectivity index (χ3n) is 3.08. The molecule has 2 aromatic rings. The highest BCUT2D eigenvalue weighted by Crippen LogP contribution is 2.22. The van der Waals surface area contributed by atoms with Gasteiger partial charge in [0.05, 0.1) is 6.21 Å². The number of phenolic OH excluding ortho intramolecular Hbond substituents is 1. The quantitative estimate of drug-likeness (QED) is 0.621. The van der Waals surface area contributed by atoms with Gasteiger partial charge in [0.15, 0.2) is 6.61 Å². The van der Waals surface area contributed by atoms with Crippen molar-refractivity contribution in [1.82, 2.24) is 5.43 Å². The van der Waals surface area contributed by atoms with Gasteiger partial charge in [-0.2, -0.15) is 5.10 Å². The van der Waals surface area contributed by atoms with Crippen LogP contribution in [0.25, 0.3) is 0 Å². The maximum absolute atomic E-state index is 11.7. The van der Waals surface area contributed by atoms with E-state index in [0.29, 0.717) is 5.75 Å². The number of nitrogens with zero attached hydrogens (tertiary/aromatic N) is 1. The number of rotatable bonds is 5. The van der Waals surface area contributed by atoms with Gasteiger partial charge in [-0.25, -0.2) is 5.43 Å². The summed E-state index contributed by atoms with van der Waals surface area (Å²) in [6.45, 7) is 3.50. The van der Waals surface area contributed by atoms with E-state index in [1.165, 1.54) is 6.21 Å². The smallest absolute Gasteiger partial charge is 0.277 e. The van der Waals surface area contributed by atoms with E-state index in [1.807, 2.05) is 26.0 Å². The predicted octanol–water partition coefficient (Wildman–Crippen LogP) is 3.30. The van der Waals surface area contributed by atoms with Gasteiger partial charge in [0.2, 0.25) is 0 Å². The molecule has 0 radical (unpaired) electrons. The topological polar surface area (TPSA) is 70.9 Å². The molecule has 0 aliphatic rings. The van der Waals surface area contributed by atoms with Crippen LogP contribution < -0.4 is 10.2 Å². The number of halogens is 1. The molecule has 0 aliphatic carbocycles. The summed E-state index contributed by atoms with van der Waals surface area (Å²) in [5, 5.41) is 13.6. The molecule has 0 fully saturated rings. The Bertz CT molecular complexity index is 721. The largest absolute Gasteiger partial charge is 0.507 e. The van der Waals surface area contributed by atoms with Gasteiger partial charge in [-0.1, -0.05) is 22.0 Å². The molecular formula is C17H17BrN2O3. The van der Waals surface area contributed by atoms with Crippen LogP contribution in [0.15, 0.2) is 46.0 Å². The van der Waals surface area contributed by atoms with Gasteiger partial charge in [-0.05, 0) is 60.9 Å². The van der Waals surface area contributed by atoms with Crippen LogP contribution in [-0.4, -0.2) is 23.8 Å². The summed E-state index contributed by atoms with van der Waals surface area (Å²) in [6, 6.07) is 10.8. The summed E-state index contributed by atoms with van der Waals surface area (Å²) in [7, 11) is 0. The summed E-state index contributed by atoms with van der Waals surface area (Å²) in [5.41, 5.74) is 4.72. The Balaban J connectivity index is 1.86. The van der Waals surface area contributed by atoms with Crippen molar-refractivity contribution in [1.29, 1.82) is 0 Å². The van der Waals surface area contributed by atoms with Crippen molar-refractivity contribution in [3.05, 3.63) is 57.6 Å². The van der Waals surface area contributed by atoms with Crippen molar-refractivity contribution in [3.8, 4) is 11.5 Å². The number of hydrogen-bond acceptors (Lipinski definition) is 4. The summed E-state index contributed by atoms with van der Waals surface area (Å²) in [5.74, 6) is 0.519. The number of aryl methyl sites for hydroxylation is 2. The number of carbonyl (C=O) groups is 1. The van der Waals surface area contributed by atoms with Crippen LogP contribution in [0, 0.1) is 13.8 Å². The minimum absolute atomic E-state index is 0.124. The molecule has 2 N–H and O–H groups in total. The maximum atomic E-state index is 11.7. The molecule has 23 heavy (non-hydrogen) atoms. The average molecular weight is 377 g/mol. The summed E-state index contributed by atoms with van der Waals surface area (Å²) in [4.78, 5) is 11.7. The van der Waals surface area contributed by atoms with Crippen molar-refractivity contribution < 1.29 is 14.6 Å². The molecule has 0 spiro atoms. The first kappa shape index (κ1) is 17.0. The highest BCUT2D eigenvalue weighted by Gasteiger charge is 2.03. The predicted molar refractivity (Wildman–Crippen MR) is 93.0 cm³/mol. The number of benzene rings is 2. The van der Waals surface area contributed by atoms with Crippen LogP contribution >= 0.6 is 15.9 Å². The Morgan fingerprint density at radius 2 is 2.00 bits per heavy atom. The van der Waals surface area contributed by atoms with Gasteiger partial charge in [-0.15, -0.1) is 0 Å². The molecule has 0 atom stereocenters. The lowest BCUT2D eigenvalue weighted by molar-refractivity contribution is -0.123. The lowest BCUT2D eigenvalue weighted by Gasteiger charge is -2.06. The number of hydrogen-bond donors (Lipinski definition) is 2. The van der Waals surface area contributed by atoms with Crippen LogP contribution in [0.2, 0.25) is 0 Å². The highest BCUT2D eigenvalue weighted by molar-refractivity contribution is 9.10. The van der Waals surface area contributed by atoms with Crippen molar-refractivity contribution in [2.45, 2.75) is 13.8 Å². The Morgan fingerprint density at radius 1 is 1.30 bits per heavy atom. The number of nitrogens with one attached hydrogen (secondary N) is 1. The standard InChI is InChI=1S/C17H17BrN2O3/c1-11-6-13(7-12(2)17(11)22)9-19-20-16(21)10-23-15-5-3-4-14(18)8-15/h3-9,22H,10H2,1-2H3,(H,20,21)/b19-9+. The van der Waals surface area contributed by atoms with Gasteiger partial charge in [0.1, 0.15) is 11.5 Å².